The van der Waals surface area contributed by atoms with Crippen LogP contribution in [0, 0.1) is 5.82 Å². The molecule has 0 fully saturated rings. The van der Waals surface area contributed by atoms with E-state index in [1.807, 2.05) is 35.7 Å². The van der Waals surface area contributed by atoms with E-state index >= 15 is 0 Å². The fraction of sp³-hybridized carbons (Fsp3) is 0.0476. The summed E-state index contributed by atoms with van der Waals surface area (Å²) >= 11 is 1.48. The number of pyridine rings is 1. The molecule has 0 bridgehead atoms. The first-order valence-corrected chi connectivity index (χ1v) is 9.21. The number of amides is 1. The number of nitrogens with one attached hydrogen (secondary N) is 2. The quantitative estimate of drug-likeness (QED) is 0.558. The highest BCUT2D eigenvalue weighted by atomic mass is 32.1. The molecular weight excluding hydrogens is 363 g/mol. The van der Waals surface area contributed by atoms with E-state index in [-0.39, 0.29) is 11.4 Å². The van der Waals surface area contributed by atoms with Crippen LogP contribution in [0.15, 0.2) is 76.9 Å². The lowest BCUT2D eigenvalue weighted by molar-refractivity contribution is 0.0942. The van der Waals surface area contributed by atoms with E-state index in [2.05, 4.69) is 10.3 Å². The second kappa shape index (κ2) is 7.17. The number of H-pyrrole nitrogens is 1. The van der Waals surface area contributed by atoms with Crippen LogP contribution in [0.3, 0.4) is 0 Å². The zero-order valence-electron chi connectivity index (χ0n) is 14.1. The van der Waals surface area contributed by atoms with Gasteiger partial charge in [-0.15, -0.1) is 11.3 Å². The van der Waals surface area contributed by atoms with Gasteiger partial charge < -0.3 is 10.3 Å². The molecule has 4 rings (SSSR count). The summed E-state index contributed by atoms with van der Waals surface area (Å²) < 4.78 is 13.3. The van der Waals surface area contributed by atoms with Crippen molar-refractivity contribution in [1.29, 1.82) is 0 Å². The van der Waals surface area contributed by atoms with Gasteiger partial charge in [0, 0.05) is 10.4 Å². The molecule has 6 heteroatoms. The van der Waals surface area contributed by atoms with E-state index in [4.69, 9.17) is 0 Å². The van der Waals surface area contributed by atoms with Gasteiger partial charge in [0.25, 0.3) is 11.5 Å². The Morgan fingerprint density at radius 3 is 2.56 bits per heavy atom. The molecule has 0 aliphatic carbocycles. The van der Waals surface area contributed by atoms with Crippen molar-refractivity contribution < 1.29 is 9.18 Å². The molecule has 27 heavy (non-hydrogen) atoms. The highest BCUT2D eigenvalue weighted by Crippen LogP contribution is 2.26. The molecule has 1 unspecified atom stereocenters. The average molecular weight is 378 g/mol. The van der Waals surface area contributed by atoms with Crippen molar-refractivity contribution in [2.24, 2.45) is 0 Å². The summed E-state index contributed by atoms with van der Waals surface area (Å²) in [6, 6.07) is 18.1. The number of hydrogen-bond donors (Lipinski definition) is 2. The lowest BCUT2D eigenvalue weighted by Crippen LogP contribution is -2.33. The smallest absolute Gasteiger partial charge is 0.261 e. The van der Waals surface area contributed by atoms with Gasteiger partial charge in [-0.1, -0.05) is 36.4 Å². The van der Waals surface area contributed by atoms with Crippen LogP contribution in [-0.2, 0) is 0 Å². The molecule has 0 radical (unpaired) electrons. The van der Waals surface area contributed by atoms with E-state index < -0.39 is 17.5 Å². The molecule has 0 aliphatic rings. The zero-order valence-corrected chi connectivity index (χ0v) is 14.9. The van der Waals surface area contributed by atoms with Crippen LogP contribution < -0.4 is 10.9 Å². The first kappa shape index (κ1) is 17.2. The van der Waals surface area contributed by atoms with Crippen LogP contribution in [0.25, 0.3) is 10.9 Å². The van der Waals surface area contributed by atoms with Crippen molar-refractivity contribution in [3.63, 3.8) is 0 Å². The minimum atomic E-state index is -0.482. The van der Waals surface area contributed by atoms with Crippen LogP contribution in [-0.4, -0.2) is 10.9 Å². The molecule has 134 valence electrons. The number of benzene rings is 2. The average Bonchev–Trinajstić information content (AvgIpc) is 3.20. The molecule has 2 N–H and O–H groups in total. The number of carbonyl (C=O) groups is 1. The van der Waals surface area contributed by atoms with Gasteiger partial charge in [0.1, 0.15) is 11.4 Å². The first-order chi connectivity index (χ1) is 13.1. The number of thiophene rings is 1. The minimum Gasteiger partial charge on any atom is -0.340 e. The summed E-state index contributed by atoms with van der Waals surface area (Å²) in [5, 5.41) is 5.58. The Kier molecular flexibility index (Phi) is 4.56. The molecule has 1 amide bonds. The summed E-state index contributed by atoms with van der Waals surface area (Å²) in [7, 11) is 0. The Morgan fingerprint density at radius 2 is 1.81 bits per heavy atom. The third-order valence-corrected chi connectivity index (χ3v) is 5.24. The Balaban J connectivity index is 1.71. The van der Waals surface area contributed by atoms with Gasteiger partial charge in [-0.25, -0.2) is 4.39 Å². The normalized spacial score (nSPS) is 12.0. The fourth-order valence-corrected chi connectivity index (χ4v) is 3.76. The molecular formula is C21H15FN2O2S. The molecule has 0 spiro atoms. The van der Waals surface area contributed by atoms with Crippen molar-refractivity contribution in [3.05, 3.63) is 104 Å². The van der Waals surface area contributed by atoms with E-state index in [0.717, 1.165) is 15.8 Å². The number of aromatic amines is 1. The predicted molar refractivity (Wildman–Crippen MR) is 105 cm³/mol. The molecule has 2 aromatic carbocycles. The van der Waals surface area contributed by atoms with Crippen LogP contribution in [0.1, 0.15) is 26.8 Å². The predicted octanol–water partition coefficient (Wildman–Crippen LogP) is 4.25. The second-order valence-corrected chi connectivity index (χ2v) is 7.05. The third-order valence-electron chi connectivity index (χ3n) is 4.30. The van der Waals surface area contributed by atoms with Crippen LogP contribution in [0.4, 0.5) is 4.39 Å². The molecule has 0 aliphatic heterocycles. The number of carbonyl (C=O) groups excluding carboxylic acids is 1. The van der Waals surface area contributed by atoms with Gasteiger partial charge in [-0.3, -0.25) is 9.59 Å². The van der Waals surface area contributed by atoms with Gasteiger partial charge in [0.2, 0.25) is 0 Å². The molecule has 2 heterocycles. The number of para-hydroxylation sites is 1. The second-order valence-electron chi connectivity index (χ2n) is 6.07. The molecule has 0 saturated heterocycles. The van der Waals surface area contributed by atoms with Gasteiger partial charge >= 0.3 is 0 Å². The largest absolute Gasteiger partial charge is 0.340 e. The van der Waals surface area contributed by atoms with Gasteiger partial charge in [-0.2, -0.15) is 0 Å². The van der Waals surface area contributed by atoms with Crippen LogP contribution in [0.2, 0.25) is 0 Å². The monoisotopic (exact) mass is 378 g/mol. The van der Waals surface area contributed by atoms with Crippen LogP contribution >= 0.6 is 11.3 Å². The lowest BCUT2D eigenvalue weighted by Gasteiger charge is -2.18. The third kappa shape index (κ3) is 3.52. The van der Waals surface area contributed by atoms with Gasteiger partial charge in [0.15, 0.2) is 0 Å². The molecule has 1 atom stereocenters. The van der Waals surface area contributed by atoms with Crippen molar-refractivity contribution in [3.8, 4) is 0 Å². The van der Waals surface area contributed by atoms with Crippen molar-refractivity contribution >= 4 is 28.1 Å². The molecule has 0 saturated carbocycles. The summed E-state index contributed by atoms with van der Waals surface area (Å²) in [6.07, 6.45) is 0. The van der Waals surface area contributed by atoms with E-state index in [9.17, 15) is 14.0 Å². The van der Waals surface area contributed by atoms with E-state index in [1.54, 1.807) is 24.3 Å². The maximum Gasteiger partial charge on any atom is 0.261 e. The Hall–Kier alpha value is -3.25. The summed E-state index contributed by atoms with van der Waals surface area (Å²) in [6.45, 7) is 0. The fourth-order valence-electron chi connectivity index (χ4n) is 2.95. The number of hydrogen-bond acceptors (Lipinski definition) is 3. The lowest BCUT2D eigenvalue weighted by atomic mass is 10.0. The Morgan fingerprint density at radius 1 is 1.04 bits per heavy atom. The maximum absolute atomic E-state index is 13.3. The zero-order chi connectivity index (χ0) is 18.8. The van der Waals surface area contributed by atoms with Crippen molar-refractivity contribution in [1.82, 2.24) is 10.3 Å². The van der Waals surface area contributed by atoms with E-state index in [1.165, 1.54) is 23.5 Å². The number of fused-ring (bicyclic) bond motifs is 1. The number of aromatic nitrogens is 1. The maximum atomic E-state index is 13.3. The molecule has 4 aromatic rings. The minimum absolute atomic E-state index is 0.0392. The Labute approximate surface area is 158 Å². The highest BCUT2D eigenvalue weighted by molar-refractivity contribution is 7.10. The van der Waals surface area contributed by atoms with E-state index in [0.29, 0.717) is 5.52 Å². The summed E-state index contributed by atoms with van der Waals surface area (Å²) in [5.41, 5.74) is 1.00. The highest BCUT2D eigenvalue weighted by Gasteiger charge is 2.21. The van der Waals surface area contributed by atoms with Crippen molar-refractivity contribution in [2.45, 2.75) is 6.04 Å². The molecule has 4 nitrogen and oxygen atoms in total. The van der Waals surface area contributed by atoms with Crippen LogP contribution in [0.5, 0.6) is 0 Å². The SMILES string of the molecule is O=C(NC(c1ccc(F)cc1)c1cccs1)c1cc2ccccc2[nH]c1=O. The number of halogens is 1. The Bertz CT molecular complexity index is 1150. The van der Waals surface area contributed by atoms with Crippen molar-refractivity contribution in [2.75, 3.05) is 0 Å². The van der Waals surface area contributed by atoms with Gasteiger partial charge in [-0.05, 0) is 46.7 Å². The summed E-state index contributed by atoms with van der Waals surface area (Å²) in [4.78, 5) is 28.8. The standard InChI is InChI=1S/C21H15FN2O2S/c22-15-9-7-13(8-10-15)19(18-6-3-11-27-18)24-21(26)16-12-14-4-1-2-5-17(14)23-20(16)25/h1-12,19H,(H,23,25)(H,24,26). The topological polar surface area (TPSA) is 62.0 Å². The number of rotatable bonds is 4. The summed E-state index contributed by atoms with van der Waals surface area (Å²) in [5.74, 6) is -0.828. The molecule has 2 aromatic heterocycles. The van der Waals surface area contributed by atoms with Gasteiger partial charge in [0.05, 0.1) is 6.04 Å². The first-order valence-electron chi connectivity index (χ1n) is 8.33.